The number of halogens is 1. The molecule has 1 N–H and O–H groups in total. The standard InChI is InChI=1S/C17H18FN5O/c1-10-19-9-13(16(24)20-10)15-21-14(22-23(15)17(2,3)4)11-6-5-7-12(18)8-11/h5-9H,1-4H3,(H,19,20,24). The Bertz CT molecular complexity index is 952. The average Bonchev–Trinajstić information content (AvgIpc) is 2.92. The highest BCUT2D eigenvalue weighted by Crippen LogP contribution is 2.26. The van der Waals surface area contributed by atoms with Crippen molar-refractivity contribution in [3.63, 3.8) is 0 Å². The van der Waals surface area contributed by atoms with Crippen molar-refractivity contribution in [3.8, 4) is 22.8 Å². The fourth-order valence-electron chi connectivity index (χ4n) is 2.35. The number of nitrogens with one attached hydrogen (secondary N) is 1. The number of hydrogen-bond donors (Lipinski definition) is 1. The fourth-order valence-corrected chi connectivity index (χ4v) is 2.35. The van der Waals surface area contributed by atoms with Crippen molar-refractivity contribution in [2.24, 2.45) is 0 Å². The van der Waals surface area contributed by atoms with Gasteiger partial charge in [0.05, 0.1) is 5.54 Å². The van der Waals surface area contributed by atoms with Gasteiger partial charge in [-0.1, -0.05) is 12.1 Å². The van der Waals surface area contributed by atoms with Crippen molar-refractivity contribution in [3.05, 3.63) is 52.5 Å². The minimum atomic E-state index is -0.411. The molecule has 1 aromatic carbocycles. The van der Waals surface area contributed by atoms with Crippen molar-refractivity contribution >= 4 is 0 Å². The van der Waals surface area contributed by atoms with Crippen LogP contribution in [0.25, 0.3) is 22.8 Å². The third-order valence-corrected chi connectivity index (χ3v) is 3.49. The van der Waals surface area contributed by atoms with E-state index in [4.69, 9.17) is 0 Å². The van der Waals surface area contributed by atoms with Crippen molar-refractivity contribution in [1.82, 2.24) is 24.7 Å². The Morgan fingerprint density at radius 1 is 1.25 bits per heavy atom. The van der Waals surface area contributed by atoms with Gasteiger partial charge in [0.2, 0.25) is 0 Å². The van der Waals surface area contributed by atoms with Gasteiger partial charge in [-0.25, -0.2) is 19.0 Å². The van der Waals surface area contributed by atoms with Gasteiger partial charge >= 0.3 is 0 Å². The molecule has 0 unspecified atom stereocenters. The lowest BCUT2D eigenvalue weighted by Crippen LogP contribution is -2.26. The molecule has 0 amide bonds. The highest BCUT2D eigenvalue weighted by Gasteiger charge is 2.24. The summed E-state index contributed by atoms with van der Waals surface area (Å²) in [5.41, 5.74) is 0.179. The Kier molecular flexibility index (Phi) is 3.79. The van der Waals surface area contributed by atoms with Gasteiger partial charge in [0.1, 0.15) is 17.2 Å². The molecule has 2 heterocycles. The van der Waals surface area contributed by atoms with Gasteiger partial charge in [-0.05, 0) is 39.8 Å². The number of nitrogens with zero attached hydrogens (tertiary/aromatic N) is 4. The molecule has 0 bridgehead atoms. The number of H-pyrrole nitrogens is 1. The largest absolute Gasteiger partial charge is 0.310 e. The zero-order valence-electron chi connectivity index (χ0n) is 14.0. The molecule has 6 nitrogen and oxygen atoms in total. The monoisotopic (exact) mass is 327 g/mol. The molecule has 3 rings (SSSR count). The van der Waals surface area contributed by atoms with Crippen LogP contribution in [0.4, 0.5) is 4.39 Å². The van der Waals surface area contributed by atoms with Gasteiger partial charge in [0.25, 0.3) is 5.56 Å². The van der Waals surface area contributed by atoms with Gasteiger partial charge in [-0.15, -0.1) is 5.10 Å². The first-order chi connectivity index (χ1) is 11.3. The van der Waals surface area contributed by atoms with E-state index in [1.54, 1.807) is 23.7 Å². The van der Waals surface area contributed by atoms with Gasteiger partial charge in [0.15, 0.2) is 11.6 Å². The van der Waals surface area contributed by atoms with Gasteiger partial charge < -0.3 is 4.98 Å². The topological polar surface area (TPSA) is 76.5 Å². The maximum absolute atomic E-state index is 13.5. The van der Waals surface area contributed by atoms with Crippen molar-refractivity contribution in [2.45, 2.75) is 33.2 Å². The molecule has 0 spiro atoms. The minimum absolute atomic E-state index is 0.286. The summed E-state index contributed by atoms with van der Waals surface area (Å²) in [7, 11) is 0. The highest BCUT2D eigenvalue weighted by atomic mass is 19.1. The maximum Gasteiger partial charge on any atom is 0.261 e. The van der Waals surface area contributed by atoms with E-state index in [0.29, 0.717) is 28.6 Å². The Morgan fingerprint density at radius 3 is 2.62 bits per heavy atom. The molecule has 0 aliphatic rings. The number of benzene rings is 1. The molecular formula is C17H18FN5O. The van der Waals surface area contributed by atoms with Gasteiger partial charge in [-0.3, -0.25) is 4.79 Å². The minimum Gasteiger partial charge on any atom is -0.310 e. The third-order valence-electron chi connectivity index (χ3n) is 3.49. The van der Waals surface area contributed by atoms with Crippen molar-refractivity contribution in [1.29, 1.82) is 0 Å². The SMILES string of the molecule is Cc1ncc(-c2nc(-c3cccc(F)c3)nn2C(C)(C)C)c(=O)[nH]1. The molecular weight excluding hydrogens is 309 g/mol. The second kappa shape index (κ2) is 5.67. The normalized spacial score (nSPS) is 11.7. The highest BCUT2D eigenvalue weighted by molar-refractivity contribution is 5.60. The van der Waals surface area contributed by atoms with Crippen LogP contribution >= 0.6 is 0 Å². The van der Waals surface area contributed by atoms with E-state index in [1.165, 1.54) is 18.3 Å². The summed E-state index contributed by atoms with van der Waals surface area (Å²) in [5.74, 6) is 0.918. The predicted octanol–water partition coefficient (Wildman–Crippen LogP) is 2.90. The second-order valence-electron chi connectivity index (χ2n) is 6.56. The number of aryl methyl sites for hydroxylation is 1. The maximum atomic E-state index is 13.5. The van der Waals surface area contributed by atoms with Crippen LogP contribution in [0.2, 0.25) is 0 Å². The van der Waals surface area contributed by atoms with Gasteiger partial charge in [0, 0.05) is 11.8 Å². The summed E-state index contributed by atoms with van der Waals surface area (Å²) in [4.78, 5) is 23.6. The third kappa shape index (κ3) is 2.97. The summed E-state index contributed by atoms with van der Waals surface area (Å²) in [6, 6.07) is 6.05. The van der Waals surface area contributed by atoms with E-state index in [9.17, 15) is 9.18 Å². The summed E-state index contributed by atoms with van der Waals surface area (Å²) in [5, 5.41) is 4.49. The fraction of sp³-hybridized carbons (Fsp3) is 0.294. The van der Waals surface area contributed by atoms with E-state index < -0.39 is 5.54 Å². The molecule has 0 radical (unpaired) electrons. The first-order valence-electron chi connectivity index (χ1n) is 7.55. The molecule has 0 saturated carbocycles. The molecule has 3 aromatic rings. The van der Waals surface area contributed by atoms with Crippen LogP contribution in [0.15, 0.2) is 35.3 Å². The first-order valence-corrected chi connectivity index (χ1v) is 7.55. The van der Waals surface area contributed by atoms with Crippen molar-refractivity contribution in [2.75, 3.05) is 0 Å². The van der Waals surface area contributed by atoms with Crippen LogP contribution in [0, 0.1) is 12.7 Å². The molecule has 0 aliphatic carbocycles. The molecule has 0 atom stereocenters. The van der Waals surface area contributed by atoms with Crippen LogP contribution in [-0.4, -0.2) is 24.7 Å². The van der Waals surface area contributed by atoms with E-state index >= 15 is 0 Å². The lowest BCUT2D eigenvalue weighted by molar-refractivity contribution is 0.360. The summed E-state index contributed by atoms with van der Waals surface area (Å²) >= 11 is 0. The Hall–Kier alpha value is -2.83. The molecule has 0 saturated heterocycles. The lowest BCUT2D eigenvalue weighted by Gasteiger charge is -2.20. The summed E-state index contributed by atoms with van der Waals surface area (Å²) < 4.78 is 15.2. The average molecular weight is 327 g/mol. The number of hydrogen-bond acceptors (Lipinski definition) is 4. The molecule has 24 heavy (non-hydrogen) atoms. The summed E-state index contributed by atoms with van der Waals surface area (Å²) in [6.07, 6.45) is 1.48. The number of rotatable bonds is 2. The van der Waals surface area contributed by atoms with Crippen LogP contribution in [0.3, 0.4) is 0 Å². The van der Waals surface area contributed by atoms with E-state index in [2.05, 4.69) is 20.1 Å². The van der Waals surface area contributed by atoms with E-state index in [0.717, 1.165) is 0 Å². The Balaban J connectivity index is 2.23. The second-order valence-corrected chi connectivity index (χ2v) is 6.56. The Labute approximate surface area is 138 Å². The van der Waals surface area contributed by atoms with Crippen LogP contribution in [0.5, 0.6) is 0 Å². The number of aromatic amines is 1. The Morgan fingerprint density at radius 2 is 2.00 bits per heavy atom. The van der Waals surface area contributed by atoms with Crippen molar-refractivity contribution < 1.29 is 4.39 Å². The van der Waals surface area contributed by atoms with Crippen LogP contribution in [-0.2, 0) is 5.54 Å². The lowest BCUT2D eigenvalue weighted by atomic mass is 10.1. The zero-order valence-corrected chi connectivity index (χ0v) is 14.0. The predicted molar refractivity (Wildman–Crippen MR) is 89.0 cm³/mol. The summed E-state index contributed by atoms with van der Waals surface area (Å²) in [6.45, 7) is 7.57. The zero-order chi connectivity index (χ0) is 17.5. The smallest absolute Gasteiger partial charge is 0.261 e. The molecule has 2 aromatic heterocycles. The van der Waals surface area contributed by atoms with E-state index in [1.807, 2.05) is 20.8 Å². The van der Waals surface area contributed by atoms with E-state index in [-0.39, 0.29) is 11.4 Å². The van der Waals surface area contributed by atoms with Gasteiger partial charge in [-0.2, -0.15) is 0 Å². The molecule has 0 aliphatic heterocycles. The quantitative estimate of drug-likeness (QED) is 0.785. The molecule has 0 fully saturated rings. The molecule has 124 valence electrons. The van der Waals surface area contributed by atoms with Crippen LogP contribution in [0.1, 0.15) is 26.6 Å². The molecule has 7 heteroatoms. The first kappa shape index (κ1) is 16.0. The number of aromatic nitrogens is 5. The van der Waals surface area contributed by atoms with Crippen LogP contribution < -0.4 is 5.56 Å².